The number of sulfonamides is 1. The first-order valence-corrected chi connectivity index (χ1v) is 10.1. The molecule has 0 aliphatic heterocycles. The van der Waals surface area contributed by atoms with Crippen LogP contribution in [0.5, 0.6) is 0 Å². The number of halogens is 1. The van der Waals surface area contributed by atoms with E-state index in [1.807, 2.05) is 0 Å². The fourth-order valence-corrected chi connectivity index (χ4v) is 3.89. The molecule has 28 heavy (non-hydrogen) atoms. The zero-order chi connectivity index (χ0) is 21.1. The van der Waals surface area contributed by atoms with Gasteiger partial charge in [0.15, 0.2) is 0 Å². The van der Waals surface area contributed by atoms with Crippen LogP contribution < -0.4 is 9.62 Å². The first-order valence-electron chi connectivity index (χ1n) is 8.30. The first kappa shape index (κ1) is 21.3. The van der Waals surface area contributed by atoms with Crippen molar-refractivity contribution < 1.29 is 22.5 Å². The molecule has 2 atom stereocenters. The molecule has 0 fully saturated rings. The maximum atomic E-state index is 13.0. The predicted octanol–water partition coefficient (Wildman–Crippen LogP) is 2.77. The number of amides is 1. The number of nitro groups is 1. The van der Waals surface area contributed by atoms with Gasteiger partial charge in [0.25, 0.3) is 5.69 Å². The molecule has 0 saturated heterocycles. The smallest absolute Gasteiger partial charge is 0.271 e. The van der Waals surface area contributed by atoms with Crippen LogP contribution in [0.1, 0.15) is 25.5 Å². The van der Waals surface area contributed by atoms with Gasteiger partial charge in [-0.05, 0) is 37.6 Å². The molecular weight excluding hydrogens is 389 g/mol. The third-order valence-corrected chi connectivity index (χ3v) is 5.35. The van der Waals surface area contributed by atoms with E-state index in [1.54, 1.807) is 6.92 Å². The number of nitro benzene ring substituents is 1. The van der Waals surface area contributed by atoms with Crippen LogP contribution in [0.3, 0.4) is 0 Å². The molecular formula is C18H20FN3O5S. The van der Waals surface area contributed by atoms with Gasteiger partial charge in [0.2, 0.25) is 15.9 Å². The summed E-state index contributed by atoms with van der Waals surface area (Å²) >= 11 is 0. The Labute approximate surface area is 162 Å². The van der Waals surface area contributed by atoms with E-state index in [0.717, 1.165) is 16.6 Å². The second kappa shape index (κ2) is 8.34. The topological polar surface area (TPSA) is 110 Å². The molecule has 2 rings (SSSR count). The molecule has 0 aromatic heterocycles. The van der Waals surface area contributed by atoms with E-state index in [0.29, 0.717) is 5.56 Å². The van der Waals surface area contributed by atoms with Crippen LogP contribution in [0.25, 0.3) is 0 Å². The minimum Gasteiger partial charge on any atom is -0.348 e. The fraction of sp³-hybridized carbons (Fsp3) is 0.278. The van der Waals surface area contributed by atoms with E-state index < -0.39 is 38.8 Å². The average molecular weight is 409 g/mol. The minimum absolute atomic E-state index is 0.00813. The Morgan fingerprint density at radius 2 is 1.79 bits per heavy atom. The molecule has 0 bridgehead atoms. The van der Waals surface area contributed by atoms with Gasteiger partial charge in [-0.1, -0.05) is 18.2 Å². The van der Waals surface area contributed by atoms with E-state index in [9.17, 15) is 27.7 Å². The van der Waals surface area contributed by atoms with Crippen molar-refractivity contribution in [3.8, 4) is 0 Å². The summed E-state index contributed by atoms with van der Waals surface area (Å²) in [5.41, 5.74) is 0.357. The molecule has 150 valence electrons. The number of hydrogen-bond donors (Lipinski definition) is 1. The zero-order valence-corrected chi connectivity index (χ0v) is 16.3. The molecule has 1 N–H and O–H groups in total. The molecule has 8 nitrogen and oxygen atoms in total. The van der Waals surface area contributed by atoms with Crippen LogP contribution in [0, 0.1) is 15.9 Å². The number of carbonyl (C=O) groups is 1. The molecule has 0 radical (unpaired) electrons. The highest BCUT2D eigenvalue weighted by Crippen LogP contribution is 2.25. The van der Waals surface area contributed by atoms with Crippen molar-refractivity contribution in [2.24, 2.45) is 0 Å². The van der Waals surface area contributed by atoms with Gasteiger partial charge in [-0.2, -0.15) is 0 Å². The highest BCUT2D eigenvalue weighted by Gasteiger charge is 2.30. The molecule has 10 heteroatoms. The minimum atomic E-state index is -3.91. The number of rotatable bonds is 7. The van der Waals surface area contributed by atoms with Crippen molar-refractivity contribution in [2.75, 3.05) is 10.6 Å². The lowest BCUT2D eigenvalue weighted by atomic mass is 10.1. The molecule has 0 unspecified atom stereocenters. The highest BCUT2D eigenvalue weighted by molar-refractivity contribution is 7.92. The van der Waals surface area contributed by atoms with Gasteiger partial charge in [-0.15, -0.1) is 0 Å². The highest BCUT2D eigenvalue weighted by atomic mass is 32.2. The van der Waals surface area contributed by atoms with Gasteiger partial charge in [-0.3, -0.25) is 19.2 Å². The zero-order valence-electron chi connectivity index (χ0n) is 15.5. The molecule has 2 aromatic rings. The van der Waals surface area contributed by atoms with Gasteiger partial charge in [-0.25, -0.2) is 12.8 Å². The summed E-state index contributed by atoms with van der Waals surface area (Å²) in [6, 6.07) is 8.92. The number of nitrogens with one attached hydrogen (secondary N) is 1. The lowest BCUT2D eigenvalue weighted by Crippen LogP contribution is -2.48. The van der Waals surface area contributed by atoms with Crippen molar-refractivity contribution in [3.05, 3.63) is 70.0 Å². The SMILES string of the molecule is C[C@H](NC(=O)[C@H](C)N(c1cccc([N+](=O)[O-])c1)S(C)(=O)=O)c1ccc(F)cc1. The lowest BCUT2D eigenvalue weighted by molar-refractivity contribution is -0.384. The van der Waals surface area contributed by atoms with Gasteiger partial charge in [0.1, 0.15) is 11.9 Å². The van der Waals surface area contributed by atoms with Crippen LogP contribution >= 0.6 is 0 Å². The quantitative estimate of drug-likeness (QED) is 0.559. The number of benzene rings is 2. The Morgan fingerprint density at radius 3 is 2.32 bits per heavy atom. The van der Waals surface area contributed by atoms with Crippen LogP contribution in [0.4, 0.5) is 15.8 Å². The van der Waals surface area contributed by atoms with Crippen molar-refractivity contribution >= 4 is 27.3 Å². The predicted molar refractivity (Wildman–Crippen MR) is 103 cm³/mol. The summed E-state index contributed by atoms with van der Waals surface area (Å²) in [5.74, 6) is -1.02. The molecule has 2 aromatic carbocycles. The maximum absolute atomic E-state index is 13.0. The number of anilines is 1. The molecule has 0 saturated carbocycles. The Balaban J connectivity index is 2.29. The molecule has 0 heterocycles. The summed E-state index contributed by atoms with van der Waals surface area (Å²) in [5, 5.41) is 13.7. The Hall–Kier alpha value is -3.01. The number of nitrogens with zero attached hydrogens (tertiary/aromatic N) is 2. The molecule has 0 spiro atoms. The summed E-state index contributed by atoms with van der Waals surface area (Å²) in [6.07, 6.45) is 0.916. The summed E-state index contributed by atoms with van der Waals surface area (Å²) < 4.78 is 38.4. The van der Waals surface area contributed by atoms with Crippen LogP contribution in [0.2, 0.25) is 0 Å². The van der Waals surface area contributed by atoms with Crippen molar-refractivity contribution in [3.63, 3.8) is 0 Å². The van der Waals surface area contributed by atoms with Crippen LogP contribution in [0.15, 0.2) is 48.5 Å². The average Bonchev–Trinajstić information content (AvgIpc) is 2.61. The second-order valence-corrected chi connectivity index (χ2v) is 8.15. The molecule has 1 amide bonds. The van der Waals surface area contributed by atoms with Gasteiger partial charge in [0.05, 0.1) is 22.9 Å². The van der Waals surface area contributed by atoms with Crippen molar-refractivity contribution in [1.29, 1.82) is 0 Å². The van der Waals surface area contributed by atoms with Crippen LogP contribution in [-0.2, 0) is 14.8 Å². The van der Waals surface area contributed by atoms with Gasteiger partial charge >= 0.3 is 0 Å². The van der Waals surface area contributed by atoms with Crippen LogP contribution in [-0.4, -0.2) is 31.5 Å². The largest absolute Gasteiger partial charge is 0.348 e. The third-order valence-electron chi connectivity index (χ3n) is 4.11. The summed E-state index contributed by atoms with van der Waals surface area (Å²) in [7, 11) is -3.91. The normalized spacial score (nSPS) is 13.4. The van der Waals surface area contributed by atoms with E-state index >= 15 is 0 Å². The molecule has 0 aliphatic rings. The maximum Gasteiger partial charge on any atom is 0.271 e. The second-order valence-electron chi connectivity index (χ2n) is 6.29. The lowest BCUT2D eigenvalue weighted by Gasteiger charge is -2.29. The standard InChI is InChI=1S/C18H20FN3O5S/c1-12(14-7-9-15(19)10-8-14)20-18(23)13(2)21(28(3,26)27)16-5-4-6-17(11-16)22(24)25/h4-13H,1-3H3,(H,20,23)/t12-,13-/m0/s1. The number of non-ortho nitro benzene ring substituents is 1. The van der Waals surface area contributed by atoms with E-state index in [1.165, 1.54) is 49.4 Å². The molecule has 0 aliphatic carbocycles. The van der Waals surface area contributed by atoms with E-state index in [-0.39, 0.29) is 11.4 Å². The Bertz CT molecular complexity index is 979. The van der Waals surface area contributed by atoms with Gasteiger partial charge in [0, 0.05) is 12.1 Å². The van der Waals surface area contributed by atoms with Crippen molar-refractivity contribution in [2.45, 2.75) is 25.9 Å². The summed E-state index contributed by atoms with van der Waals surface area (Å²) in [4.78, 5) is 23.0. The van der Waals surface area contributed by atoms with Crippen molar-refractivity contribution in [1.82, 2.24) is 5.32 Å². The monoisotopic (exact) mass is 409 g/mol. The van der Waals surface area contributed by atoms with Gasteiger partial charge < -0.3 is 5.32 Å². The first-order chi connectivity index (χ1) is 13.0. The van der Waals surface area contributed by atoms with E-state index in [4.69, 9.17) is 0 Å². The fourth-order valence-electron chi connectivity index (χ4n) is 2.72. The Kier molecular flexibility index (Phi) is 6.34. The Morgan fingerprint density at radius 1 is 1.18 bits per heavy atom. The number of carbonyl (C=O) groups excluding carboxylic acids is 1. The third kappa shape index (κ3) is 5.03. The van der Waals surface area contributed by atoms with E-state index in [2.05, 4.69) is 5.32 Å². The number of hydrogen-bond acceptors (Lipinski definition) is 5. The summed E-state index contributed by atoms with van der Waals surface area (Å²) in [6.45, 7) is 3.06.